The van der Waals surface area contributed by atoms with E-state index in [9.17, 15) is 0 Å². The van der Waals surface area contributed by atoms with Crippen LogP contribution in [0.2, 0.25) is 0 Å². The first kappa shape index (κ1) is 15.4. The largest absolute Gasteiger partial charge is 0.490 e. The lowest BCUT2D eigenvalue weighted by Crippen LogP contribution is -2.35. The smallest absolute Gasteiger partial charge is 0.127 e. The molecule has 1 aromatic rings. The summed E-state index contributed by atoms with van der Waals surface area (Å²) < 4.78 is 6.34. The Hall–Kier alpha value is -1.02. The van der Waals surface area contributed by atoms with Crippen LogP contribution in [0.4, 0.5) is 0 Å². The van der Waals surface area contributed by atoms with Crippen molar-refractivity contribution in [3.8, 4) is 5.75 Å². The monoisotopic (exact) mass is 275 g/mol. The van der Waals surface area contributed by atoms with Crippen LogP contribution in [0, 0.1) is 6.92 Å². The summed E-state index contributed by atoms with van der Waals surface area (Å²) in [4.78, 5) is 0. The molecule has 112 valence electrons. The Labute approximate surface area is 123 Å². The molecule has 2 heteroatoms. The molecule has 0 saturated heterocycles. The zero-order valence-corrected chi connectivity index (χ0v) is 13.5. The van der Waals surface area contributed by atoms with Crippen LogP contribution in [0.5, 0.6) is 5.75 Å². The lowest BCUT2D eigenvalue weighted by atomic mass is 9.97. The van der Waals surface area contributed by atoms with Crippen LogP contribution in [0.1, 0.15) is 64.0 Å². The second kappa shape index (κ2) is 6.62. The van der Waals surface area contributed by atoms with E-state index >= 15 is 0 Å². The number of aryl methyl sites for hydroxylation is 1. The highest BCUT2D eigenvalue weighted by Crippen LogP contribution is 2.29. The number of rotatable bonds is 4. The van der Waals surface area contributed by atoms with Gasteiger partial charge in [0.05, 0.1) is 6.10 Å². The first-order chi connectivity index (χ1) is 9.46. The molecule has 1 saturated carbocycles. The number of nitrogens with one attached hydrogen (secondary N) is 1. The molecule has 0 aliphatic heterocycles. The van der Waals surface area contributed by atoms with Crippen LogP contribution < -0.4 is 10.1 Å². The highest BCUT2D eigenvalue weighted by molar-refractivity contribution is 5.41. The van der Waals surface area contributed by atoms with Gasteiger partial charge in [-0.05, 0) is 58.9 Å². The molecule has 1 aliphatic rings. The van der Waals surface area contributed by atoms with Crippen LogP contribution in [-0.2, 0) is 6.54 Å². The van der Waals surface area contributed by atoms with Gasteiger partial charge in [-0.1, -0.05) is 24.6 Å². The zero-order chi connectivity index (χ0) is 14.6. The van der Waals surface area contributed by atoms with Crippen molar-refractivity contribution >= 4 is 0 Å². The quantitative estimate of drug-likeness (QED) is 0.867. The van der Waals surface area contributed by atoms with Crippen LogP contribution in [0.25, 0.3) is 0 Å². The summed E-state index contributed by atoms with van der Waals surface area (Å²) in [6, 6.07) is 6.46. The Morgan fingerprint density at radius 2 is 1.85 bits per heavy atom. The maximum atomic E-state index is 6.34. The maximum Gasteiger partial charge on any atom is 0.127 e. The molecule has 0 spiro atoms. The Bertz CT molecular complexity index is 428. The minimum absolute atomic E-state index is 0.131. The average Bonchev–Trinajstić information content (AvgIpc) is 2.40. The summed E-state index contributed by atoms with van der Waals surface area (Å²) in [6.45, 7) is 9.62. The predicted octanol–water partition coefficient (Wildman–Crippen LogP) is 4.59. The van der Waals surface area contributed by atoms with Crippen LogP contribution >= 0.6 is 0 Å². The number of ether oxygens (including phenoxy) is 1. The van der Waals surface area contributed by atoms with Crippen LogP contribution in [0.15, 0.2) is 18.2 Å². The Morgan fingerprint density at radius 1 is 1.15 bits per heavy atom. The number of benzene rings is 1. The zero-order valence-electron chi connectivity index (χ0n) is 13.5. The number of hydrogen-bond acceptors (Lipinski definition) is 2. The highest BCUT2D eigenvalue weighted by atomic mass is 16.5. The normalized spacial score (nSPS) is 17.2. The molecule has 1 N–H and O–H groups in total. The van der Waals surface area contributed by atoms with Gasteiger partial charge in [-0.2, -0.15) is 0 Å². The fraction of sp³-hybridized carbons (Fsp3) is 0.667. The van der Waals surface area contributed by atoms with Gasteiger partial charge in [0.2, 0.25) is 0 Å². The summed E-state index contributed by atoms with van der Waals surface area (Å²) in [5, 5.41) is 3.56. The second-order valence-electron chi connectivity index (χ2n) is 7.04. The topological polar surface area (TPSA) is 21.3 Å². The molecule has 0 heterocycles. The van der Waals surface area contributed by atoms with Crippen molar-refractivity contribution in [3.05, 3.63) is 29.3 Å². The van der Waals surface area contributed by atoms with E-state index in [1.807, 2.05) is 0 Å². The number of para-hydroxylation sites is 1. The van der Waals surface area contributed by atoms with Crippen molar-refractivity contribution in [2.75, 3.05) is 0 Å². The van der Waals surface area contributed by atoms with Crippen molar-refractivity contribution in [2.45, 2.75) is 78.0 Å². The summed E-state index contributed by atoms with van der Waals surface area (Å²) in [7, 11) is 0. The Kier molecular flexibility index (Phi) is 5.09. The van der Waals surface area contributed by atoms with Gasteiger partial charge in [-0.25, -0.2) is 0 Å². The SMILES string of the molecule is Cc1cccc(CNC(C)(C)C)c1OC1CCCCC1. The molecule has 2 nitrogen and oxygen atoms in total. The molecule has 0 radical (unpaired) electrons. The molecule has 2 rings (SSSR count). The van der Waals surface area contributed by atoms with E-state index in [4.69, 9.17) is 4.74 Å². The number of hydrogen-bond donors (Lipinski definition) is 1. The third-order valence-electron chi connectivity index (χ3n) is 3.94. The Balaban J connectivity index is 2.09. The fourth-order valence-corrected chi connectivity index (χ4v) is 2.73. The van der Waals surface area contributed by atoms with E-state index in [0.29, 0.717) is 6.10 Å². The van der Waals surface area contributed by atoms with E-state index < -0.39 is 0 Å². The van der Waals surface area contributed by atoms with Gasteiger partial charge in [0.25, 0.3) is 0 Å². The molecule has 1 aliphatic carbocycles. The van der Waals surface area contributed by atoms with Gasteiger partial charge in [0, 0.05) is 17.6 Å². The lowest BCUT2D eigenvalue weighted by molar-refractivity contribution is 0.152. The van der Waals surface area contributed by atoms with Gasteiger partial charge >= 0.3 is 0 Å². The summed E-state index contributed by atoms with van der Waals surface area (Å²) >= 11 is 0. The van der Waals surface area contributed by atoms with Crippen molar-refractivity contribution < 1.29 is 4.74 Å². The predicted molar refractivity (Wildman–Crippen MR) is 85.3 cm³/mol. The van der Waals surface area contributed by atoms with E-state index in [1.165, 1.54) is 43.2 Å². The minimum atomic E-state index is 0.131. The van der Waals surface area contributed by atoms with E-state index in [1.54, 1.807) is 0 Å². The van der Waals surface area contributed by atoms with E-state index in [-0.39, 0.29) is 5.54 Å². The molecule has 0 bridgehead atoms. The van der Waals surface area contributed by atoms with Crippen molar-refractivity contribution in [2.24, 2.45) is 0 Å². The minimum Gasteiger partial charge on any atom is -0.490 e. The highest BCUT2D eigenvalue weighted by Gasteiger charge is 2.18. The van der Waals surface area contributed by atoms with Gasteiger partial charge in [-0.3, -0.25) is 0 Å². The fourth-order valence-electron chi connectivity index (χ4n) is 2.73. The molecule has 1 aromatic carbocycles. The molecule has 0 aromatic heterocycles. The average molecular weight is 275 g/mol. The van der Waals surface area contributed by atoms with E-state index in [2.05, 4.69) is 51.2 Å². The molecule has 0 atom stereocenters. The summed E-state index contributed by atoms with van der Waals surface area (Å²) in [6.07, 6.45) is 6.82. The van der Waals surface area contributed by atoms with Gasteiger partial charge in [-0.15, -0.1) is 0 Å². The summed E-state index contributed by atoms with van der Waals surface area (Å²) in [5.41, 5.74) is 2.67. The first-order valence-electron chi connectivity index (χ1n) is 7.96. The maximum absolute atomic E-state index is 6.34. The van der Waals surface area contributed by atoms with Crippen LogP contribution in [0.3, 0.4) is 0 Å². The third kappa shape index (κ3) is 4.52. The Morgan fingerprint density at radius 3 is 2.50 bits per heavy atom. The van der Waals surface area contributed by atoms with Crippen molar-refractivity contribution in [1.82, 2.24) is 5.32 Å². The molecule has 0 amide bonds. The summed E-state index contributed by atoms with van der Waals surface area (Å²) in [5.74, 6) is 1.11. The van der Waals surface area contributed by atoms with Gasteiger partial charge < -0.3 is 10.1 Å². The van der Waals surface area contributed by atoms with E-state index in [0.717, 1.165) is 12.3 Å². The first-order valence-corrected chi connectivity index (χ1v) is 7.96. The van der Waals surface area contributed by atoms with Crippen molar-refractivity contribution in [3.63, 3.8) is 0 Å². The van der Waals surface area contributed by atoms with Gasteiger partial charge in [0.15, 0.2) is 0 Å². The van der Waals surface area contributed by atoms with Crippen LogP contribution in [-0.4, -0.2) is 11.6 Å². The molecular weight excluding hydrogens is 246 g/mol. The lowest BCUT2D eigenvalue weighted by Gasteiger charge is -2.27. The standard InChI is InChI=1S/C18H29NO/c1-14-9-8-10-15(13-19-18(2,3)4)17(14)20-16-11-6-5-7-12-16/h8-10,16,19H,5-7,11-13H2,1-4H3. The molecule has 0 unspecified atom stereocenters. The molecule has 1 fully saturated rings. The molecular formula is C18H29NO. The third-order valence-corrected chi connectivity index (χ3v) is 3.94. The second-order valence-corrected chi connectivity index (χ2v) is 7.04. The molecule has 20 heavy (non-hydrogen) atoms. The van der Waals surface area contributed by atoms with Gasteiger partial charge in [0.1, 0.15) is 5.75 Å². The van der Waals surface area contributed by atoms with Crippen molar-refractivity contribution in [1.29, 1.82) is 0 Å².